The molecule has 0 fully saturated rings. The molecule has 20 heavy (non-hydrogen) atoms. The Kier molecular flexibility index (Phi) is 4.45. The van der Waals surface area contributed by atoms with Crippen LogP contribution in [0.5, 0.6) is 0 Å². The number of fused-ring (bicyclic) bond motifs is 1. The van der Waals surface area contributed by atoms with Crippen LogP contribution in [0.3, 0.4) is 0 Å². The first-order valence-electron chi connectivity index (χ1n) is 6.99. The van der Waals surface area contributed by atoms with Gasteiger partial charge < -0.3 is 0 Å². The second kappa shape index (κ2) is 5.94. The van der Waals surface area contributed by atoms with Crippen molar-refractivity contribution in [1.82, 2.24) is 0 Å². The van der Waals surface area contributed by atoms with E-state index in [9.17, 15) is 13.0 Å². The van der Waals surface area contributed by atoms with Crippen molar-refractivity contribution in [2.75, 3.05) is 0 Å². The summed E-state index contributed by atoms with van der Waals surface area (Å²) < 4.78 is 32.5. The highest BCUT2D eigenvalue weighted by molar-refractivity contribution is 7.85. The topological polar surface area (TPSA) is 54.4 Å². The number of rotatable bonds is 5. The smallest absolute Gasteiger partial charge is 0.282 e. The van der Waals surface area contributed by atoms with Crippen LogP contribution in [0.1, 0.15) is 37.8 Å². The van der Waals surface area contributed by atoms with Crippen molar-refractivity contribution < 1.29 is 13.0 Å². The molecule has 3 nitrogen and oxygen atoms in total. The SMILES string of the molecule is CCCc1cc2c(CCC)cccc2cc1S(=O)(=O)O. The molecule has 0 aliphatic rings. The van der Waals surface area contributed by atoms with E-state index in [0.29, 0.717) is 12.0 Å². The van der Waals surface area contributed by atoms with Gasteiger partial charge >= 0.3 is 0 Å². The minimum atomic E-state index is -4.17. The number of hydrogen-bond donors (Lipinski definition) is 1. The summed E-state index contributed by atoms with van der Waals surface area (Å²) >= 11 is 0. The first-order valence-corrected chi connectivity index (χ1v) is 8.43. The number of hydrogen-bond acceptors (Lipinski definition) is 2. The number of benzene rings is 2. The van der Waals surface area contributed by atoms with Gasteiger partial charge in [-0.3, -0.25) is 4.55 Å². The first kappa shape index (κ1) is 15.0. The molecule has 0 aromatic heterocycles. The standard InChI is InChI=1S/C16H20O3S/c1-3-6-12-8-5-9-13-11-16(20(17,18)19)14(7-4-2)10-15(12)13/h5,8-11H,3-4,6-7H2,1-2H3,(H,17,18,19). The van der Waals surface area contributed by atoms with Gasteiger partial charge in [0.2, 0.25) is 0 Å². The minimum absolute atomic E-state index is 0.0421. The lowest BCUT2D eigenvalue weighted by Crippen LogP contribution is -2.04. The minimum Gasteiger partial charge on any atom is -0.282 e. The monoisotopic (exact) mass is 292 g/mol. The van der Waals surface area contributed by atoms with Crippen LogP contribution in [0.4, 0.5) is 0 Å². The molecule has 108 valence electrons. The molecule has 0 aliphatic heterocycles. The highest BCUT2D eigenvalue weighted by Crippen LogP contribution is 2.27. The molecule has 0 unspecified atom stereocenters. The van der Waals surface area contributed by atoms with Gasteiger partial charge in [-0.15, -0.1) is 0 Å². The molecule has 4 heteroatoms. The van der Waals surface area contributed by atoms with Gasteiger partial charge in [-0.05, 0) is 46.9 Å². The Morgan fingerprint density at radius 1 is 1.00 bits per heavy atom. The van der Waals surface area contributed by atoms with Crippen LogP contribution in [-0.4, -0.2) is 13.0 Å². The maximum Gasteiger partial charge on any atom is 0.294 e. The lowest BCUT2D eigenvalue weighted by molar-refractivity contribution is 0.482. The molecule has 0 bridgehead atoms. The molecule has 0 amide bonds. The van der Waals surface area contributed by atoms with E-state index in [0.717, 1.165) is 30.0 Å². The van der Waals surface area contributed by atoms with Crippen molar-refractivity contribution in [3.05, 3.63) is 41.5 Å². The summed E-state index contributed by atoms with van der Waals surface area (Å²) in [6.45, 7) is 4.12. The molecular formula is C16H20O3S. The van der Waals surface area contributed by atoms with Crippen molar-refractivity contribution in [2.24, 2.45) is 0 Å². The summed E-state index contributed by atoms with van der Waals surface area (Å²) in [7, 11) is -4.17. The molecule has 0 aliphatic carbocycles. The Morgan fingerprint density at radius 2 is 1.65 bits per heavy atom. The Morgan fingerprint density at radius 3 is 2.25 bits per heavy atom. The molecule has 0 saturated carbocycles. The van der Waals surface area contributed by atoms with Gasteiger partial charge in [-0.25, -0.2) is 0 Å². The average Bonchev–Trinajstić information content (AvgIpc) is 2.38. The van der Waals surface area contributed by atoms with E-state index in [1.807, 2.05) is 25.1 Å². The zero-order chi connectivity index (χ0) is 14.8. The van der Waals surface area contributed by atoms with E-state index in [1.165, 1.54) is 5.56 Å². The Balaban J connectivity index is 2.74. The summed E-state index contributed by atoms with van der Waals surface area (Å²) in [4.78, 5) is 0.0421. The predicted molar refractivity (Wildman–Crippen MR) is 81.8 cm³/mol. The van der Waals surface area contributed by atoms with E-state index in [-0.39, 0.29) is 4.90 Å². The van der Waals surface area contributed by atoms with Crippen molar-refractivity contribution in [3.63, 3.8) is 0 Å². The fourth-order valence-corrected chi connectivity index (χ4v) is 3.37. The van der Waals surface area contributed by atoms with Gasteiger partial charge in [0.1, 0.15) is 0 Å². The van der Waals surface area contributed by atoms with Crippen LogP contribution in [0.2, 0.25) is 0 Å². The largest absolute Gasteiger partial charge is 0.294 e. The third-order valence-electron chi connectivity index (χ3n) is 3.47. The van der Waals surface area contributed by atoms with E-state index < -0.39 is 10.1 Å². The van der Waals surface area contributed by atoms with Crippen LogP contribution in [0.15, 0.2) is 35.2 Å². The van der Waals surface area contributed by atoms with E-state index in [2.05, 4.69) is 13.0 Å². The van der Waals surface area contributed by atoms with Crippen molar-refractivity contribution in [3.8, 4) is 0 Å². The number of aryl methyl sites for hydroxylation is 2. The fourth-order valence-electron chi connectivity index (χ4n) is 2.61. The maximum atomic E-state index is 11.5. The molecule has 1 N–H and O–H groups in total. The highest BCUT2D eigenvalue weighted by atomic mass is 32.2. The molecular weight excluding hydrogens is 272 g/mol. The zero-order valence-electron chi connectivity index (χ0n) is 11.9. The molecule has 2 rings (SSSR count). The third-order valence-corrected chi connectivity index (χ3v) is 4.40. The van der Waals surface area contributed by atoms with Gasteiger partial charge in [0.25, 0.3) is 10.1 Å². The first-order chi connectivity index (χ1) is 9.47. The van der Waals surface area contributed by atoms with Crippen molar-refractivity contribution >= 4 is 20.9 Å². The van der Waals surface area contributed by atoms with Gasteiger partial charge in [0.05, 0.1) is 4.90 Å². The lowest BCUT2D eigenvalue weighted by Gasteiger charge is -2.11. The lowest BCUT2D eigenvalue weighted by atomic mass is 9.98. The molecule has 0 spiro atoms. The van der Waals surface area contributed by atoms with Gasteiger partial charge in [0, 0.05) is 0 Å². The van der Waals surface area contributed by atoms with Crippen LogP contribution in [-0.2, 0) is 23.0 Å². The summed E-state index contributed by atoms with van der Waals surface area (Å²) in [6, 6.07) is 9.41. The summed E-state index contributed by atoms with van der Waals surface area (Å²) in [5.74, 6) is 0. The van der Waals surface area contributed by atoms with E-state index in [4.69, 9.17) is 0 Å². The van der Waals surface area contributed by atoms with Crippen LogP contribution in [0.25, 0.3) is 10.8 Å². The van der Waals surface area contributed by atoms with Gasteiger partial charge in [-0.1, -0.05) is 44.9 Å². The predicted octanol–water partition coefficient (Wildman–Crippen LogP) is 3.99. The second-order valence-corrected chi connectivity index (χ2v) is 6.46. The van der Waals surface area contributed by atoms with Crippen LogP contribution in [0, 0.1) is 0 Å². The summed E-state index contributed by atoms with van der Waals surface area (Å²) in [5, 5.41) is 1.95. The maximum absolute atomic E-state index is 11.5. The Labute approximate surface area is 120 Å². The second-order valence-electron chi connectivity index (χ2n) is 5.07. The Bertz CT molecular complexity index is 718. The molecule has 0 radical (unpaired) electrons. The Hall–Kier alpha value is -1.39. The third kappa shape index (κ3) is 3.02. The average molecular weight is 292 g/mol. The van der Waals surface area contributed by atoms with Crippen LogP contribution < -0.4 is 0 Å². The molecule has 2 aromatic carbocycles. The summed E-state index contributed by atoms with van der Waals surface area (Å²) in [5.41, 5.74) is 1.93. The molecule has 2 aromatic rings. The van der Waals surface area contributed by atoms with Crippen molar-refractivity contribution in [1.29, 1.82) is 0 Å². The zero-order valence-corrected chi connectivity index (χ0v) is 12.7. The quantitative estimate of drug-likeness (QED) is 0.848. The highest BCUT2D eigenvalue weighted by Gasteiger charge is 2.16. The molecule has 0 heterocycles. The van der Waals surface area contributed by atoms with Gasteiger partial charge in [0.15, 0.2) is 0 Å². The fraction of sp³-hybridized carbons (Fsp3) is 0.375. The van der Waals surface area contributed by atoms with Crippen molar-refractivity contribution in [2.45, 2.75) is 44.4 Å². The normalized spacial score (nSPS) is 11.9. The van der Waals surface area contributed by atoms with E-state index >= 15 is 0 Å². The molecule has 0 saturated heterocycles. The van der Waals surface area contributed by atoms with E-state index in [1.54, 1.807) is 6.07 Å². The summed E-state index contributed by atoms with van der Waals surface area (Å²) in [6.07, 6.45) is 3.49. The van der Waals surface area contributed by atoms with Gasteiger partial charge in [-0.2, -0.15) is 8.42 Å². The molecule has 0 atom stereocenters. The van der Waals surface area contributed by atoms with Crippen LogP contribution >= 0.6 is 0 Å².